The minimum atomic E-state index is 0.0924. The van der Waals surface area contributed by atoms with Crippen molar-refractivity contribution in [1.29, 1.82) is 0 Å². The third-order valence-electron chi connectivity index (χ3n) is 2.94. The van der Waals surface area contributed by atoms with Crippen molar-refractivity contribution in [3.63, 3.8) is 0 Å². The van der Waals surface area contributed by atoms with Gasteiger partial charge in [-0.2, -0.15) is 0 Å². The lowest BCUT2D eigenvalue weighted by molar-refractivity contribution is 0.0951. The van der Waals surface area contributed by atoms with Crippen molar-refractivity contribution in [3.05, 3.63) is 35.0 Å². The van der Waals surface area contributed by atoms with Gasteiger partial charge in [0.15, 0.2) is 17.1 Å². The lowest BCUT2D eigenvalue weighted by Crippen LogP contribution is -1.97. The summed E-state index contributed by atoms with van der Waals surface area (Å²) in [6, 6.07) is 7.31. The van der Waals surface area contributed by atoms with Crippen molar-refractivity contribution < 1.29 is 9.21 Å². The van der Waals surface area contributed by atoms with Crippen molar-refractivity contribution >= 4 is 28.4 Å². The number of para-hydroxylation sites is 1. The van der Waals surface area contributed by atoms with Gasteiger partial charge in [-0.15, -0.1) is 0 Å². The highest BCUT2D eigenvalue weighted by molar-refractivity contribution is 6.34. The predicted molar refractivity (Wildman–Crippen MR) is 62.9 cm³/mol. The first-order chi connectivity index (χ1) is 7.74. The van der Waals surface area contributed by atoms with Gasteiger partial charge >= 0.3 is 0 Å². The smallest absolute Gasteiger partial charge is 0.198 e. The fraction of sp³-hybridized carbons (Fsp3) is 0.308. The molecule has 0 spiro atoms. The van der Waals surface area contributed by atoms with Crippen LogP contribution >= 0.6 is 11.6 Å². The molecule has 1 saturated carbocycles. The number of Topliss-reactive ketones (excluding diaryl/α,β-unsaturated/α-hetero) is 1. The maximum atomic E-state index is 11.8. The van der Waals surface area contributed by atoms with Crippen LogP contribution in [0.1, 0.15) is 29.8 Å². The van der Waals surface area contributed by atoms with Gasteiger partial charge in [0.1, 0.15) is 0 Å². The van der Waals surface area contributed by atoms with Crippen LogP contribution in [0.4, 0.5) is 0 Å². The molecule has 0 amide bonds. The summed E-state index contributed by atoms with van der Waals surface area (Å²) < 4.78 is 5.51. The normalized spacial score (nSPS) is 15.6. The van der Waals surface area contributed by atoms with Gasteiger partial charge in [-0.3, -0.25) is 4.79 Å². The van der Waals surface area contributed by atoms with Crippen molar-refractivity contribution in [2.75, 3.05) is 0 Å². The van der Waals surface area contributed by atoms with Gasteiger partial charge in [-0.1, -0.05) is 23.7 Å². The number of hydrogen-bond acceptors (Lipinski definition) is 2. The van der Waals surface area contributed by atoms with Crippen molar-refractivity contribution in [2.24, 2.45) is 5.92 Å². The standard InChI is InChI=1S/C13H11ClO2/c14-10-3-1-2-9-7-12(16-13(9)10)11(15)6-8-4-5-8/h1-3,7-8H,4-6H2. The van der Waals surface area contributed by atoms with Crippen molar-refractivity contribution in [3.8, 4) is 0 Å². The quantitative estimate of drug-likeness (QED) is 0.750. The Kier molecular flexibility index (Phi) is 2.25. The number of hydrogen-bond donors (Lipinski definition) is 0. The van der Waals surface area contributed by atoms with Crippen LogP contribution in [0, 0.1) is 5.92 Å². The van der Waals surface area contributed by atoms with E-state index in [9.17, 15) is 4.79 Å². The van der Waals surface area contributed by atoms with Crippen LogP contribution in [0.15, 0.2) is 28.7 Å². The molecule has 0 N–H and O–H groups in total. The summed E-state index contributed by atoms with van der Waals surface area (Å²) in [7, 11) is 0. The molecule has 82 valence electrons. The highest BCUT2D eigenvalue weighted by atomic mass is 35.5. The molecule has 16 heavy (non-hydrogen) atoms. The Balaban J connectivity index is 1.97. The summed E-state index contributed by atoms with van der Waals surface area (Å²) in [5.41, 5.74) is 0.614. The summed E-state index contributed by atoms with van der Waals surface area (Å²) in [5, 5.41) is 1.45. The Hall–Kier alpha value is -1.28. The summed E-state index contributed by atoms with van der Waals surface area (Å²) >= 11 is 5.99. The second-order valence-corrected chi connectivity index (χ2v) is 4.75. The molecule has 1 aromatic heterocycles. The monoisotopic (exact) mass is 234 g/mol. The van der Waals surface area contributed by atoms with E-state index < -0.39 is 0 Å². The third-order valence-corrected chi connectivity index (χ3v) is 3.24. The summed E-state index contributed by atoms with van der Waals surface area (Å²) in [5.74, 6) is 1.11. The van der Waals surface area contributed by atoms with Gasteiger partial charge in [0.25, 0.3) is 0 Å². The molecule has 1 aliphatic rings. The fourth-order valence-electron chi connectivity index (χ4n) is 1.85. The molecule has 1 aliphatic carbocycles. The molecule has 0 atom stereocenters. The first-order valence-corrected chi connectivity index (χ1v) is 5.83. The minimum Gasteiger partial charge on any atom is -0.451 e. The second-order valence-electron chi connectivity index (χ2n) is 4.34. The summed E-state index contributed by atoms with van der Waals surface area (Å²) in [4.78, 5) is 11.8. The van der Waals surface area contributed by atoms with Gasteiger partial charge in [-0.05, 0) is 30.9 Å². The van der Waals surface area contributed by atoms with E-state index >= 15 is 0 Å². The van der Waals surface area contributed by atoms with E-state index in [0.29, 0.717) is 28.7 Å². The highest BCUT2D eigenvalue weighted by Crippen LogP contribution is 2.34. The second kappa shape index (κ2) is 3.63. The minimum absolute atomic E-state index is 0.0924. The van der Waals surface area contributed by atoms with Crippen LogP contribution in [0.5, 0.6) is 0 Å². The van der Waals surface area contributed by atoms with Gasteiger partial charge in [0, 0.05) is 11.8 Å². The van der Waals surface area contributed by atoms with Gasteiger partial charge in [0.05, 0.1) is 5.02 Å². The molecular formula is C13H11ClO2. The SMILES string of the molecule is O=C(CC1CC1)c1cc2cccc(Cl)c2o1. The molecule has 1 aromatic carbocycles. The van der Waals surface area contributed by atoms with Crippen LogP contribution in [0.2, 0.25) is 5.02 Å². The van der Waals surface area contributed by atoms with Crippen LogP contribution in [-0.4, -0.2) is 5.78 Å². The zero-order valence-electron chi connectivity index (χ0n) is 8.70. The van der Waals surface area contributed by atoms with E-state index in [1.807, 2.05) is 12.1 Å². The van der Waals surface area contributed by atoms with E-state index in [1.54, 1.807) is 12.1 Å². The molecule has 0 radical (unpaired) electrons. The topological polar surface area (TPSA) is 30.2 Å². The number of furan rings is 1. The molecular weight excluding hydrogens is 224 g/mol. The lowest BCUT2D eigenvalue weighted by atomic mass is 10.1. The Morgan fingerprint density at radius 3 is 2.94 bits per heavy atom. The molecule has 0 saturated heterocycles. The van der Waals surface area contributed by atoms with E-state index in [4.69, 9.17) is 16.0 Å². The molecule has 2 aromatic rings. The predicted octanol–water partition coefficient (Wildman–Crippen LogP) is 4.07. The lowest BCUT2D eigenvalue weighted by Gasteiger charge is -1.93. The van der Waals surface area contributed by atoms with Crippen LogP contribution in [0.3, 0.4) is 0 Å². The molecule has 1 fully saturated rings. The van der Waals surface area contributed by atoms with E-state index in [1.165, 1.54) is 12.8 Å². The van der Waals surface area contributed by atoms with E-state index in [-0.39, 0.29) is 5.78 Å². The van der Waals surface area contributed by atoms with Crippen LogP contribution < -0.4 is 0 Å². The maximum absolute atomic E-state index is 11.8. The molecule has 2 nitrogen and oxygen atoms in total. The molecule has 0 unspecified atom stereocenters. The first kappa shape index (κ1) is 9.91. The number of ketones is 1. The number of benzene rings is 1. The third kappa shape index (κ3) is 1.74. The largest absolute Gasteiger partial charge is 0.451 e. The summed E-state index contributed by atoms with van der Waals surface area (Å²) in [6.45, 7) is 0. The van der Waals surface area contributed by atoms with Gasteiger partial charge < -0.3 is 4.42 Å². The zero-order valence-corrected chi connectivity index (χ0v) is 9.46. The number of carbonyl (C=O) groups excluding carboxylic acids is 1. The zero-order chi connectivity index (χ0) is 11.1. The molecule has 3 heteroatoms. The Morgan fingerprint density at radius 2 is 2.25 bits per heavy atom. The van der Waals surface area contributed by atoms with Crippen molar-refractivity contribution in [2.45, 2.75) is 19.3 Å². The molecule has 0 aliphatic heterocycles. The fourth-order valence-corrected chi connectivity index (χ4v) is 2.07. The molecule has 0 bridgehead atoms. The van der Waals surface area contributed by atoms with E-state index in [2.05, 4.69) is 0 Å². The Bertz CT molecular complexity index is 552. The Morgan fingerprint density at radius 1 is 1.44 bits per heavy atom. The van der Waals surface area contributed by atoms with E-state index in [0.717, 1.165) is 5.39 Å². The average Bonchev–Trinajstić information content (AvgIpc) is 2.95. The number of halogens is 1. The maximum Gasteiger partial charge on any atom is 0.198 e. The number of carbonyl (C=O) groups is 1. The average molecular weight is 235 g/mol. The number of rotatable bonds is 3. The summed E-state index contributed by atoms with van der Waals surface area (Å²) in [6.07, 6.45) is 2.96. The Labute approximate surface area is 98.2 Å². The first-order valence-electron chi connectivity index (χ1n) is 5.45. The molecule has 3 rings (SSSR count). The number of fused-ring (bicyclic) bond motifs is 1. The van der Waals surface area contributed by atoms with Crippen LogP contribution in [0.25, 0.3) is 11.0 Å². The highest BCUT2D eigenvalue weighted by Gasteiger charge is 2.26. The van der Waals surface area contributed by atoms with Gasteiger partial charge in [-0.25, -0.2) is 0 Å². The van der Waals surface area contributed by atoms with Crippen LogP contribution in [-0.2, 0) is 0 Å². The molecule has 1 heterocycles. The van der Waals surface area contributed by atoms with Crippen molar-refractivity contribution in [1.82, 2.24) is 0 Å². The van der Waals surface area contributed by atoms with Gasteiger partial charge in [0.2, 0.25) is 0 Å².